The van der Waals surface area contributed by atoms with E-state index in [-0.39, 0.29) is 49.4 Å². The summed E-state index contributed by atoms with van der Waals surface area (Å²) >= 11 is 0. The maximum atomic E-state index is 14.6. The summed E-state index contributed by atoms with van der Waals surface area (Å²) in [6.45, 7) is 7.41. The van der Waals surface area contributed by atoms with Crippen LogP contribution in [0.1, 0.15) is 30.0 Å². The van der Waals surface area contributed by atoms with Gasteiger partial charge in [-0.25, -0.2) is 14.6 Å². The fraction of sp³-hybridized carbons (Fsp3) is 0.289. The molecule has 2 aliphatic heterocycles. The van der Waals surface area contributed by atoms with E-state index in [2.05, 4.69) is 6.58 Å². The van der Waals surface area contributed by atoms with Crippen LogP contribution < -0.4 is 4.52 Å². The van der Waals surface area contributed by atoms with Crippen molar-refractivity contribution in [2.45, 2.75) is 51.0 Å². The third-order valence-electron chi connectivity index (χ3n) is 9.19. The van der Waals surface area contributed by atoms with Gasteiger partial charge in [-0.15, -0.1) is 6.58 Å². The van der Waals surface area contributed by atoms with E-state index in [0.29, 0.717) is 13.0 Å². The van der Waals surface area contributed by atoms with E-state index in [1.165, 1.54) is 0 Å². The maximum Gasteiger partial charge on any atom is 0.373 e. The number of hydrogen-bond donors (Lipinski definition) is 1. The molecule has 49 heavy (non-hydrogen) atoms. The minimum Gasteiger partial charge on any atom is -0.425 e. The molecule has 10 nitrogen and oxygen atoms in total. The number of hydrazine groups is 1. The van der Waals surface area contributed by atoms with Gasteiger partial charge in [0.1, 0.15) is 18.0 Å². The van der Waals surface area contributed by atoms with Crippen LogP contribution in [0, 0.1) is 0 Å². The molecule has 0 spiro atoms. The Hall–Kier alpha value is -4.76. The van der Waals surface area contributed by atoms with E-state index >= 15 is 0 Å². The summed E-state index contributed by atoms with van der Waals surface area (Å²) in [5, 5.41) is 5.51. The van der Waals surface area contributed by atoms with Crippen molar-refractivity contribution >= 4 is 36.1 Å². The van der Waals surface area contributed by atoms with Crippen LogP contribution in [-0.2, 0) is 38.3 Å². The van der Waals surface area contributed by atoms with Crippen molar-refractivity contribution in [1.29, 1.82) is 0 Å². The van der Waals surface area contributed by atoms with Gasteiger partial charge in [0.2, 0.25) is 17.7 Å². The van der Waals surface area contributed by atoms with Crippen LogP contribution in [0.2, 0.25) is 0 Å². The van der Waals surface area contributed by atoms with Crippen LogP contribution in [0.25, 0.3) is 10.8 Å². The van der Waals surface area contributed by atoms with Gasteiger partial charge in [-0.3, -0.25) is 14.4 Å². The van der Waals surface area contributed by atoms with Crippen molar-refractivity contribution in [3.8, 4) is 5.75 Å². The molecule has 2 heterocycles. The molecule has 2 saturated heterocycles. The van der Waals surface area contributed by atoms with Crippen LogP contribution in [-0.4, -0.2) is 80.4 Å². The van der Waals surface area contributed by atoms with Gasteiger partial charge in [0.05, 0.1) is 12.6 Å². The molecule has 1 N–H and O–H groups in total. The van der Waals surface area contributed by atoms with Gasteiger partial charge < -0.3 is 19.2 Å². The first-order valence-corrected chi connectivity index (χ1v) is 18.5. The summed E-state index contributed by atoms with van der Waals surface area (Å²) < 4.78 is 17.0. The second-order valence-electron chi connectivity index (χ2n) is 12.7. The average Bonchev–Trinajstić information content (AvgIpc) is 3.08. The molecule has 11 heteroatoms. The number of piperazine rings is 1. The highest BCUT2D eigenvalue weighted by Gasteiger charge is 2.54. The molecular weight excluding hydrogens is 639 g/mol. The standard InChI is InChI=1S/C38H41N4O6P/c1-4-23-39-26-36(44)41-34(24-29-17-20-32(21-18-29)48-49(3,46)47)38(45)40(25-31-15-10-14-30-13-8-9-16-33(30)31)27(2)37(41)42(39)35(43)22-19-28-11-6-5-7-12-28/h4-18,20-21,27,34,37H,1,19,22-26H2,2-3H3,(H,46,47). The van der Waals surface area contributed by atoms with E-state index in [1.807, 2.05) is 79.7 Å². The molecule has 0 aromatic heterocycles. The highest BCUT2D eigenvalue weighted by molar-refractivity contribution is 7.52. The van der Waals surface area contributed by atoms with E-state index < -0.39 is 25.8 Å². The van der Waals surface area contributed by atoms with Crippen LogP contribution in [0.3, 0.4) is 0 Å². The van der Waals surface area contributed by atoms with Crippen molar-refractivity contribution in [2.75, 3.05) is 19.8 Å². The van der Waals surface area contributed by atoms with Crippen molar-refractivity contribution in [3.63, 3.8) is 0 Å². The number of carbonyl (C=O) groups is 3. The van der Waals surface area contributed by atoms with Crippen molar-refractivity contribution < 1.29 is 28.4 Å². The number of aryl methyl sites for hydroxylation is 1. The second kappa shape index (κ2) is 14.4. The van der Waals surface area contributed by atoms with Gasteiger partial charge in [-0.2, -0.15) is 0 Å². The van der Waals surface area contributed by atoms with Crippen molar-refractivity contribution in [2.24, 2.45) is 0 Å². The number of fused-ring (bicyclic) bond motifs is 2. The first-order valence-electron chi connectivity index (χ1n) is 16.4. The summed E-state index contributed by atoms with van der Waals surface area (Å²) in [5.41, 5.74) is 2.73. The first kappa shape index (κ1) is 34.1. The Morgan fingerprint density at radius 2 is 1.65 bits per heavy atom. The third-order valence-corrected chi connectivity index (χ3v) is 9.74. The van der Waals surface area contributed by atoms with Crippen LogP contribution in [0.5, 0.6) is 5.75 Å². The highest BCUT2D eigenvalue weighted by atomic mass is 31.2. The number of nitrogens with zero attached hydrogens (tertiary/aromatic N) is 4. The third kappa shape index (κ3) is 7.47. The molecule has 6 rings (SSSR count). The maximum absolute atomic E-state index is 14.6. The number of rotatable bonds is 11. The molecule has 2 aliphatic rings. The van der Waals surface area contributed by atoms with Gasteiger partial charge in [0.25, 0.3) is 0 Å². The Balaban J connectivity index is 1.39. The van der Waals surface area contributed by atoms with E-state index in [4.69, 9.17) is 4.52 Å². The summed E-state index contributed by atoms with van der Waals surface area (Å²) in [7, 11) is -3.76. The topological polar surface area (TPSA) is 111 Å². The van der Waals surface area contributed by atoms with Crippen molar-refractivity contribution in [3.05, 3.63) is 126 Å². The Morgan fingerprint density at radius 3 is 2.37 bits per heavy atom. The van der Waals surface area contributed by atoms with Crippen LogP contribution in [0.4, 0.5) is 0 Å². The molecule has 4 atom stereocenters. The summed E-state index contributed by atoms with van der Waals surface area (Å²) in [4.78, 5) is 56.0. The molecule has 4 aromatic rings. The lowest BCUT2D eigenvalue weighted by Crippen LogP contribution is -2.78. The Labute approximate surface area is 286 Å². The van der Waals surface area contributed by atoms with Gasteiger partial charge in [-0.05, 0) is 52.9 Å². The van der Waals surface area contributed by atoms with Gasteiger partial charge in [0.15, 0.2) is 0 Å². The SMILES string of the molecule is C=CCN1CC(=O)N2C(Cc3ccc(OP(C)(=O)O)cc3)C(=O)N(Cc3cccc4ccccc34)C(C)C2N1C(=O)CCc1ccccc1. The molecule has 254 valence electrons. The molecule has 0 aliphatic carbocycles. The zero-order valence-corrected chi connectivity index (χ0v) is 28.6. The quantitative estimate of drug-likeness (QED) is 0.167. The lowest BCUT2D eigenvalue weighted by molar-refractivity contribution is -0.213. The predicted molar refractivity (Wildman–Crippen MR) is 188 cm³/mol. The lowest BCUT2D eigenvalue weighted by Gasteiger charge is -2.58. The average molecular weight is 681 g/mol. The summed E-state index contributed by atoms with van der Waals surface area (Å²) in [6, 6.07) is 29.0. The number of hydrogen-bond acceptors (Lipinski definition) is 6. The summed E-state index contributed by atoms with van der Waals surface area (Å²) in [5.74, 6) is -0.387. The van der Waals surface area contributed by atoms with E-state index in [1.54, 1.807) is 50.2 Å². The smallest absolute Gasteiger partial charge is 0.373 e. The molecule has 4 aromatic carbocycles. The minimum atomic E-state index is -3.76. The number of carbonyl (C=O) groups excluding carboxylic acids is 3. The zero-order chi connectivity index (χ0) is 34.7. The van der Waals surface area contributed by atoms with Gasteiger partial charge in [-0.1, -0.05) is 91.0 Å². The predicted octanol–water partition coefficient (Wildman–Crippen LogP) is 5.41. The lowest BCUT2D eigenvalue weighted by atomic mass is 9.94. The first-order chi connectivity index (χ1) is 23.5. The molecule has 0 bridgehead atoms. The summed E-state index contributed by atoms with van der Waals surface area (Å²) in [6.07, 6.45) is 1.84. The molecular formula is C38H41N4O6P. The van der Waals surface area contributed by atoms with Gasteiger partial charge in [0, 0.05) is 32.6 Å². The van der Waals surface area contributed by atoms with Crippen molar-refractivity contribution in [1.82, 2.24) is 19.8 Å². The van der Waals surface area contributed by atoms with E-state index in [9.17, 15) is 23.8 Å². The molecule has 2 fully saturated rings. The fourth-order valence-corrected chi connectivity index (χ4v) is 7.47. The Bertz CT molecular complexity index is 1890. The van der Waals surface area contributed by atoms with Crippen LogP contribution >= 0.6 is 7.60 Å². The zero-order valence-electron chi connectivity index (χ0n) is 27.7. The largest absolute Gasteiger partial charge is 0.425 e. The Kier molecular flexibility index (Phi) is 10.0. The molecule has 0 saturated carbocycles. The van der Waals surface area contributed by atoms with E-state index in [0.717, 1.165) is 34.1 Å². The number of amides is 3. The highest BCUT2D eigenvalue weighted by Crippen LogP contribution is 2.39. The Morgan fingerprint density at radius 1 is 0.959 bits per heavy atom. The second-order valence-corrected chi connectivity index (χ2v) is 14.5. The van der Waals surface area contributed by atoms with Crippen LogP contribution in [0.15, 0.2) is 110 Å². The molecule has 0 radical (unpaired) electrons. The monoisotopic (exact) mass is 680 g/mol. The minimum absolute atomic E-state index is 0.0749. The van der Waals surface area contributed by atoms with Gasteiger partial charge >= 0.3 is 7.60 Å². The fourth-order valence-electron chi connectivity index (χ4n) is 6.96. The molecule has 4 unspecified atom stereocenters. The number of benzene rings is 4. The molecule has 3 amide bonds. The normalized spacial score (nSPS) is 21.0.